The molecule has 2 aromatic rings. The van der Waals surface area contributed by atoms with E-state index in [1.807, 2.05) is 13.1 Å². The molecule has 0 aliphatic carbocycles. The van der Waals surface area contributed by atoms with Gasteiger partial charge in [-0.25, -0.2) is 9.97 Å². The summed E-state index contributed by atoms with van der Waals surface area (Å²) in [6, 6.07) is 1.94. The Morgan fingerprint density at radius 2 is 2.00 bits per heavy atom. The molecule has 2 rings (SSSR count). The quantitative estimate of drug-likeness (QED) is 0.799. The maximum Gasteiger partial charge on any atom is 0.180 e. The van der Waals surface area contributed by atoms with Gasteiger partial charge < -0.3 is 5.32 Å². The Morgan fingerprint density at radius 1 is 1.29 bits per heavy atom. The van der Waals surface area contributed by atoms with E-state index in [9.17, 15) is 0 Å². The van der Waals surface area contributed by atoms with Crippen LogP contribution in [-0.4, -0.2) is 26.3 Å². The summed E-state index contributed by atoms with van der Waals surface area (Å²) in [5.74, 6) is 1.63. The van der Waals surface area contributed by atoms with Crippen molar-refractivity contribution in [2.45, 2.75) is 39.5 Å². The second-order valence-corrected chi connectivity index (χ2v) is 7.15. The molecule has 5 nitrogen and oxygen atoms in total. The molecule has 21 heavy (non-hydrogen) atoms. The van der Waals surface area contributed by atoms with Crippen molar-refractivity contribution in [3.8, 4) is 11.5 Å². The van der Waals surface area contributed by atoms with Crippen LogP contribution in [0, 0.1) is 3.57 Å². The number of nitrogens with one attached hydrogen (secondary N) is 1. The molecule has 0 saturated carbocycles. The topological polar surface area (TPSA) is 55.6 Å². The van der Waals surface area contributed by atoms with Crippen molar-refractivity contribution >= 4 is 28.4 Å². The van der Waals surface area contributed by atoms with Crippen molar-refractivity contribution in [1.29, 1.82) is 0 Å². The lowest BCUT2D eigenvalue weighted by molar-refractivity contribution is 0.563. The predicted molar refractivity (Wildman–Crippen MR) is 94.4 cm³/mol. The summed E-state index contributed by atoms with van der Waals surface area (Å²) >= 11 is 2.34. The standard InChI is InChI=1S/C15H22IN5/c1-6-8-17-14-11(16)12(15(2,3)4)19-13(20-14)10-7-9-18-21(10)5/h7,9H,6,8H2,1-5H3,(H,17,19,20). The van der Waals surface area contributed by atoms with Gasteiger partial charge in [0, 0.05) is 25.2 Å². The third-order valence-corrected chi connectivity index (χ3v) is 4.18. The van der Waals surface area contributed by atoms with Gasteiger partial charge in [0.2, 0.25) is 0 Å². The van der Waals surface area contributed by atoms with Crippen LogP contribution in [0.1, 0.15) is 39.8 Å². The van der Waals surface area contributed by atoms with Gasteiger partial charge in [0.25, 0.3) is 0 Å². The molecule has 0 bridgehead atoms. The molecule has 114 valence electrons. The molecule has 0 aliphatic heterocycles. The number of aryl methyl sites for hydroxylation is 1. The van der Waals surface area contributed by atoms with Crippen LogP contribution >= 0.6 is 22.6 Å². The van der Waals surface area contributed by atoms with Crippen molar-refractivity contribution in [3.63, 3.8) is 0 Å². The molecule has 6 heteroatoms. The second-order valence-electron chi connectivity index (χ2n) is 6.08. The molecule has 1 N–H and O–H groups in total. The highest BCUT2D eigenvalue weighted by Gasteiger charge is 2.24. The second kappa shape index (κ2) is 6.29. The first-order valence-corrected chi connectivity index (χ1v) is 8.22. The summed E-state index contributed by atoms with van der Waals surface area (Å²) in [6.07, 6.45) is 2.83. The fourth-order valence-corrected chi connectivity index (χ4v) is 3.25. The average molecular weight is 399 g/mol. The summed E-state index contributed by atoms with van der Waals surface area (Å²) in [6.45, 7) is 9.57. The molecular weight excluding hydrogens is 377 g/mol. The van der Waals surface area contributed by atoms with E-state index >= 15 is 0 Å². The summed E-state index contributed by atoms with van der Waals surface area (Å²) in [5, 5.41) is 7.62. The highest BCUT2D eigenvalue weighted by Crippen LogP contribution is 2.31. The first-order chi connectivity index (χ1) is 9.84. The fraction of sp³-hybridized carbons (Fsp3) is 0.533. The van der Waals surface area contributed by atoms with Crippen molar-refractivity contribution in [2.24, 2.45) is 7.05 Å². The Balaban J connectivity index is 2.59. The highest BCUT2D eigenvalue weighted by atomic mass is 127. The third-order valence-electron chi connectivity index (χ3n) is 3.15. The summed E-state index contributed by atoms with van der Waals surface area (Å²) < 4.78 is 2.90. The average Bonchev–Trinajstić information content (AvgIpc) is 2.82. The van der Waals surface area contributed by atoms with Gasteiger partial charge >= 0.3 is 0 Å². The Bertz CT molecular complexity index is 627. The van der Waals surface area contributed by atoms with E-state index in [1.165, 1.54) is 0 Å². The van der Waals surface area contributed by atoms with Crippen molar-refractivity contribution < 1.29 is 0 Å². The summed E-state index contributed by atoms with van der Waals surface area (Å²) in [4.78, 5) is 9.49. The third kappa shape index (κ3) is 3.53. The molecule has 2 aromatic heterocycles. The molecule has 0 radical (unpaired) electrons. The van der Waals surface area contributed by atoms with Crippen LogP contribution in [0.25, 0.3) is 11.5 Å². The minimum Gasteiger partial charge on any atom is -0.369 e. The first kappa shape index (κ1) is 16.2. The van der Waals surface area contributed by atoms with Crippen molar-refractivity contribution in [3.05, 3.63) is 21.5 Å². The van der Waals surface area contributed by atoms with Gasteiger partial charge in [-0.3, -0.25) is 4.68 Å². The summed E-state index contributed by atoms with van der Waals surface area (Å²) in [5.41, 5.74) is 1.96. The molecular formula is C15H22IN5. The normalized spacial score (nSPS) is 11.7. The zero-order chi connectivity index (χ0) is 15.6. The Morgan fingerprint density at radius 3 is 2.52 bits per heavy atom. The monoisotopic (exact) mass is 399 g/mol. The van der Waals surface area contributed by atoms with Crippen LogP contribution in [0.4, 0.5) is 5.82 Å². The Kier molecular flexibility index (Phi) is 4.85. The largest absolute Gasteiger partial charge is 0.369 e. The SMILES string of the molecule is CCCNc1nc(-c2ccnn2C)nc(C(C)(C)C)c1I. The lowest BCUT2D eigenvalue weighted by Gasteiger charge is -2.22. The van der Waals surface area contributed by atoms with Gasteiger partial charge in [-0.1, -0.05) is 27.7 Å². The molecule has 0 amide bonds. The van der Waals surface area contributed by atoms with E-state index in [4.69, 9.17) is 9.97 Å². The minimum atomic E-state index is -0.0323. The Hall–Kier alpha value is -1.18. The summed E-state index contributed by atoms with van der Waals surface area (Å²) in [7, 11) is 1.91. The number of rotatable bonds is 4. The van der Waals surface area contributed by atoms with Gasteiger partial charge in [0.05, 0.1) is 9.26 Å². The number of halogens is 1. The number of anilines is 1. The zero-order valence-electron chi connectivity index (χ0n) is 13.2. The van der Waals surface area contributed by atoms with E-state index < -0.39 is 0 Å². The van der Waals surface area contributed by atoms with Gasteiger partial charge in [-0.2, -0.15) is 5.10 Å². The number of hydrogen-bond donors (Lipinski definition) is 1. The van der Waals surface area contributed by atoms with Gasteiger partial charge in [0.1, 0.15) is 11.5 Å². The van der Waals surface area contributed by atoms with E-state index in [1.54, 1.807) is 10.9 Å². The van der Waals surface area contributed by atoms with Crippen LogP contribution in [0.15, 0.2) is 12.3 Å². The lowest BCUT2D eigenvalue weighted by atomic mass is 9.92. The molecule has 0 spiro atoms. The van der Waals surface area contributed by atoms with Gasteiger partial charge in [-0.05, 0) is 35.1 Å². The lowest BCUT2D eigenvalue weighted by Crippen LogP contribution is -2.19. The first-order valence-electron chi connectivity index (χ1n) is 7.15. The molecule has 0 saturated heterocycles. The van der Waals surface area contributed by atoms with E-state index in [-0.39, 0.29) is 5.41 Å². The van der Waals surface area contributed by atoms with Gasteiger partial charge in [-0.15, -0.1) is 0 Å². The minimum absolute atomic E-state index is 0.0323. The molecule has 0 fully saturated rings. The van der Waals surface area contributed by atoms with Crippen LogP contribution in [0.5, 0.6) is 0 Å². The van der Waals surface area contributed by atoms with Gasteiger partial charge in [0.15, 0.2) is 5.82 Å². The molecule has 0 aromatic carbocycles. The number of nitrogens with zero attached hydrogens (tertiary/aromatic N) is 4. The molecule has 0 atom stereocenters. The van der Waals surface area contributed by atoms with Crippen LogP contribution < -0.4 is 5.32 Å². The van der Waals surface area contributed by atoms with E-state index in [0.717, 1.165) is 39.6 Å². The molecule has 0 unspecified atom stereocenters. The van der Waals surface area contributed by atoms with Crippen molar-refractivity contribution in [1.82, 2.24) is 19.7 Å². The fourth-order valence-electron chi connectivity index (χ4n) is 2.01. The molecule has 2 heterocycles. The van der Waals surface area contributed by atoms with E-state index in [2.05, 4.69) is 60.7 Å². The number of aromatic nitrogens is 4. The number of hydrogen-bond acceptors (Lipinski definition) is 4. The maximum absolute atomic E-state index is 4.80. The van der Waals surface area contributed by atoms with Crippen molar-refractivity contribution in [2.75, 3.05) is 11.9 Å². The zero-order valence-corrected chi connectivity index (χ0v) is 15.4. The molecule has 0 aliphatic rings. The highest BCUT2D eigenvalue weighted by molar-refractivity contribution is 14.1. The van der Waals surface area contributed by atoms with Crippen LogP contribution in [-0.2, 0) is 12.5 Å². The predicted octanol–water partition coefficient (Wildman–Crippen LogP) is 3.60. The smallest absolute Gasteiger partial charge is 0.180 e. The van der Waals surface area contributed by atoms with E-state index in [0.29, 0.717) is 0 Å². The van der Waals surface area contributed by atoms with Crippen LogP contribution in [0.2, 0.25) is 0 Å². The Labute approximate surface area is 139 Å². The van der Waals surface area contributed by atoms with Crippen LogP contribution in [0.3, 0.4) is 0 Å². The maximum atomic E-state index is 4.80.